The van der Waals surface area contributed by atoms with Gasteiger partial charge >= 0.3 is 0 Å². The molecule has 0 aliphatic rings. The number of carbonyl (C=O) groups is 1. The average molecular weight is 265 g/mol. The van der Waals surface area contributed by atoms with Crippen molar-refractivity contribution in [3.8, 4) is 11.8 Å². The fourth-order valence-corrected chi connectivity index (χ4v) is 2.19. The third kappa shape index (κ3) is 3.94. The number of benzene rings is 2. The van der Waals surface area contributed by atoms with E-state index < -0.39 is 0 Å². The third-order valence-corrected chi connectivity index (χ3v) is 3.18. The lowest BCUT2D eigenvalue weighted by molar-refractivity contribution is -0.107. The number of unbranched alkanes of at least 4 members (excludes halogenated alkanes) is 1. The van der Waals surface area contributed by atoms with E-state index in [1.54, 1.807) is 0 Å². The Kier molecular flexibility index (Phi) is 5.34. The van der Waals surface area contributed by atoms with Gasteiger partial charge in [0.2, 0.25) is 0 Å². The minimum atomic E-state index is 0.528. The number of fused-ring (bicyclic) bond motifs is 1. The largest absolute Gasteiger partial charge is 0.303 e. The van der Waals surface area contributed by atoms with E-state index in [2.05, 4.69) is 66.3 Å². The molecule has 0 saturated carbocycles. The number of aldehydes is 1. The van der Waals surface area contributed by atoms with Crippen LogP contribution < -0.4 is 0 Å². The molecule has 0 fully saturated rings. The van der Waals surface area contributed by atoms with E-state index >= 15 is 0 Å². The topological polar surface area (TPSA) is 20.3 Å². The van der Waals surface area contributed by atoms with Gasteiger partial charge in [0.05, 0.1) is 6.54 Å². The summed E-state index contributed by atoms with van der Waals surface area (Å²) in [5.41, 5.74) is 1.32. The van der Waals surface area contributed by atoms with Crippen LogP contribution in [0.3, 0.4) is 0 Å². The van der Waals surface area contributed by atoms with Crippen molar-refractivity contribution < 1.29 is 4.79 Å². The molecule has 0 amide bonds. The lowest BCUT2D eigenvalue weighted by Gasteiger charge is -2.15. The molecule has 0 atom stereocenters. The van der Waals surface area contributed by atoms with Crippen LogP contribution in [0.25, 0.3) is 10.8 Å². The molecule has 0 saturated heterocycles. The Morgan fingerprint density at radius 1 is 1.10 bits per heavy atom. The van der Waals surface area contributed by atoms with E-state index in [4.69, 9.17) is 0 Å². The number of rotatable bonds is 5. The number of carbonyl (C=O) groups excluding carboxylic acids is 1. The molecule has 2 rings (SSSR count). The summed E-state index contributed by atoms with van der Waals surface area (Å²) in [6.45, 7) is 1.60. The molecule has 20 heavy (non-hydrogen) atoms. The van der Waals surface area contributed by atoms with E-state index in [1.165, 1.54) is 16.3 Å². The molecule has 2 aromatic carbocycles. The highest BCUT2D eigenvalue weighted by Gasteiger charge is 2.02. The Morgan fingerprint density at radius 2 is 1.90 bits per heavy atom. The average Bonchev–Trinajstić information content (AvgIpc) is 2.47. The minimum absolute atomic E-state index is 0.528. The van der Waals surface area contributed by atoms with Gasteiger partial charge in [0.25, 0.3) is 0 Å². The smallest absolute Gasteiger partial charge is 0.120 e. The predicted octanol–water partition coefficient (Wildman–Crippen LogP) is 3.25. The van der Waals surface area contributed by atoms with E-state index in [9.17, 15) is 4.79 Å². The first-order chi connectivity index (χ1) is 9.81. The summed E-state index contributed by atoms with van der Waals surface area (Å²) in [6, 6.07) is 14.8. The Bertz CT molecular complexity index is 631. The first-order valence-electron chi connectivity index (χ1n) is 6.86. The van der Waals surface area contributed by atoms with Crippen molar-refractivity contribution in [3.63, 3.8) is 0 Å². The van der Waals surface area contributed by atoms with Gasteiger partial charge in [-0.15, -0.1) is 5.92 Å². The second-order valence-corrected chi connectivity index (χ2v) is 4.87. The molecule has 0 spiro atoms. The van der Waals surface area contributed by atoms with Crippen LogP contribution >= 0.6 is 0 Å². The maximum absolute atomic E-state index is 10.2. The van der Waals surface area contributed by atoms with Gasteiger partial charge in [-0.2, -0.15) is 0 Å². The van der Waals surface area contributed by atoms with E-state index in [-0.39, 0.29) is 0 Å². The van der Waals surface area contributed by atoms with Crippen LogP contribution in [-0.2, 0) is 11.3 Å². The molecule has 0 aliphatic carbocycles. The Morgan fingerprint density at radius 3 is 2.75 bits per heavy atom. The molecule has 0 unspecified atom stereocenters. The lowest BCUT2D eigenvalue weighted by atomic mass is 10.0. The van der Waals surface area contributed by atoms with Crippen molar-refractivity contribution in [1.29, 1.82) is 0 Å². The van der Waals surface area contributed by atoms with Crippen LogP contribution in [-0.4, -0.2) is 24.8 Å². The normalized spacial score (nSPS) is 10.3. The van der Waals surface area contributed by atoms with E-state index in [0.29, 0.717) is 12.8 Å². The van der Waals surface area contributed by atoms with Crippen molar-refractivity contribution in [2.24, 2.45) is 0 Å². The Labute approximate surface area is 120 Å². The van der Waals surface area contributed by atoms with Crippen molar-refractivity contribution in [1.82, 2.24) is 4.90 Å². The van der Waals surface area contributed by atoms with Crippen LogP contribution in [0.5, 0.6) is 0 Å². The molecular formula is C18H19NO. The summed E-state index contributed by atoms with van der Waals surface area (Å²) in [4.78, 5) is 12.4. The minimum Gasteiger partial charge on any atom is -0.303 e. The fraction of sp³-hybridized carbons (Fsp3) is 0.278. The number of nitrogens with zero attached hydrogens (tertiary/aromatic N) is 1. The summed E-state index contributed by atoms with van der Waals surface area (Å²) in [6.07, 6.45) is 2.10. The summed E-state index contributed by atoms with van der Waals surface area (Å²) in [5.74, 6) is 6.12. The van der Waals surface area contributed by atoms with Gasteiger partial charge in [-0.3, -0.25) is 4.90 Å². The number of hydrogen-bond donors (Lipinski definition) is 0. The monoisotopic (exact) mass is 265 g/mol. The van der Waals surface area contributed by atoms with Gasteiger partial charge in [0, 0.05) is 19.4 Å². The zero-order chi connectivity index (χ0) is 14.2. The highest BCUT2D eigenvalue weighted by atomic mass is 16.1. The van der Waals surface area contributed by atoms with Gasteiger partial charge in [-0.05, 0) is 23.4 Å². The van der Waals surface area contributed by atoms with Gasteiger partial charge in [0.15, 0.2) is 0 Å². The van der Waals surface area contributed by atoms with E-state index in [1.807, 2.05) is 0 Å². The Balaban J connectivity index is 2.00. The summed E-state index contributed by atoms with van der Waals surface area (Å²) < 4.78 is 0. The van der Waals surface area contributed by atoms with Crippen molar-refractivity contribution in [3.05, 3.63) is 48.0 Å². The SMILES string of the molecule is CN(CC#CCCC=O)Cc1cccc2ccccc12. The van der Waals surface area contributed by atoms with Crippen LogP contribution in [0, 0.1) is 11.8 Å². The second-order valence-electron chi connectivity index (χ2n) is 4.87. The van der Waals surface area contributed by atoms with E-state index in [0.717, 1.165) is 19.4 Å². The molecule has 0 aromatic heterocycles. The molecule has 2 aromatic rings. The quantitative estimate of drug-likeness (QED) is 0.470. The van der Waals surface area contributed by atoms with Crippen molar-refractivity contribution >= 4 is 17.1 Å². The van der Waals surface area contributed by atoms with Gasteiger partial charge < -0.3 is 4.79 Å². The molecule has 2 nitrogen and oxygen atoms in total. The van der Waals surface area contributed by atoms with Crippen LogP contribution in [0.4, 0.5) is 0 Å². The molecule has 0 N–H and O–H groups in total. The molecule has 0 radical (unpaired) electrons. The molecule has 0 heterocycles. The van der Waals surface area contributed by atoms with Crippen LogP contribution in [0.1, 0.15) is 18.4 Å². The summed E-state index contributed by atoms with van der Waals surface area (Å²) >= 11 is 0. The highest BCUT2D eigenvalue weighted by molar-refractivity contribution is 5.85. The zero-order valence-electron chi connectivity index (χ0n) is 11.8. The summed E-state index contributed by atoms with van der Waals surface area (Å²) in [7, 11) is 2.07. The van der Waals surface area contributed by atoms with Gasteiger partial charge in [-0.1, -0.05) is 48.4 Å². The third-order valence-electron chi connectivity index (χ3n) is 3.18. The first-order valence-corrected chi connectivity index (χ1v) is 6.86. The van der Waals surface area contributed by atoms with Crippen molar-refractivity contribution in [2.45, 2.75) is 19.4 Å². The standard InChI is InChI=1S/C18H19NO/c1-19(13-6-2-3-7-14-20)15-17-11-8-10-16-9-4-5-12-18(16)17/h4-5,8-12,14H,3,7,13,15H2,1H3. The van der Waals surface area contributed by atoms with Crippen LogP contribution in [0.2, 0.25) is 0 Å². The maximum atomic E-state index is 10.2. The molecule has 0 aliphatic heterocycles. The number of hydrogen-bond acceptors (Lipinski definition) is 2. The first kappa shape index (κ1) is 14.3. The van der Waals surface area contributed by atoms with Gasteiger partial charge in [0.1, 0.15) is 6.29 Å². The maximum Gasteiger partial charge on any atom is 0.120 e. The zero-order valence-corrected chi connectivity index (χ0v) is 11.8. The Hall–Kier alpha value is -2.11. The fourth-order valence-electron chi connectivity index (χ4n) is 2.19. The molecule has 2 heteroatoms. The highest BCUT2D eigenvalue weighted by Crippen LogP contribution is 2.19. The lowest BCUT2D eigenvalue weighted by Crippen LogP contribution is -2.18. The molecule has 102 valence electrons. The van der Waals surface area contributed by atoms with Crippen LogP contribution in [0.15, 0.2) is 42.5 Å². The van der Waals surface area contributed by atoms with Crippen molar-refractivity contribution in [2.75, 3.05) is 13.6 Å². The predicted molar refractivity (Wildman–Crippen MR) is 83.4 cm³/mol. The second kappa shape index (κ2) is 7.47. The molecular weight excluding hydrogens is 246 g/mol. The molecule has 0 bridgehead atoms. The summed E-state index contributed by atoms with van der Waals surface area (Å²) in [5, 5.41) is 2.58. The van der Waals surface area contributed by atoms with Gasteiger partial charge in [-0.25, -0.2) is 0 Å².